The number of hydrogen-bond acceptors (Lipinski definition) is 4. The highest BCUT2D eigenvalue weighted by atomic mass is 32.1. The van der Waals surface area contributed by atoms with E-state index in [1.54, 1.807) is 0 Å². The summed E-state index contributed by atoms with van der Waals surface area (Å²) in [6, 6.07) is 58.2. The molecule has 0 saturated carbocycles. The van der Waals surface area contributed by atoms with Crippen molar-refractivity contribution < 1.29 is 8.83 Å². The van der Waals surface area contributed by atoms with Gasteiger partial charge in [-0.3, -0.25) is 0 Å². The highest BCUT2D eigenvalue weighted by Crippen LogP contribution is 2.48. The van der Waals surface area contributed by atoms with Gasteiger partial charge in [0, 0.05) is 47.4 Å². The Kier molecular flexibility index (Phi) is 5.83. The molecule has 0 aliphatic heterocycles. The van der Waals surface area contributed by atoms with Gasteiger partial charge in [-0.1, -0.05) is 115 Å². The van der Waals surface area contributed by atoms with Crippen LogP contribution in [0.1, 0.15) is 0 Å². The van der Waals surface area contributed by atoms with Gasteiger partial charge in [0.2, 0.25) is 0 Å². The molecule has 0 aliphatic carbocycles. The molecule has 11 rings (SSSR count). The number of fused-ring (bicyclic) bond motifs is 11. The van der Waals surface area contributed by atoms with Gasteiger partial charge in [0.05, 0.1) is 16.8 Å². The highest BCUT2D eigenvalue weighted by Gasteiger charge is 2.24. The molecule has 0 saturated heterocycles. The third-order valence-electron chi connectivity index (χ3n) is 10.1. The maximum absolute atomic E-state index is 6.69. The summed E-state index contributed by atoms with van der Waals surface area (Å²) in [4.78, 5) is 2.35. The second-order valence-corrected chi connectivity index (χ2v) is 13.9. The Morgan fingerprint density at radius 1 is 0.440 bits per heavy atom. The predicted octanol–water partition coefficient (Wildman–Crippen LogP) is 14.1. The minimum Gasteiger partial charge on any atom is -0.455 e. The zero-order chi connectivity index (χ0) is 32.8. The Morgan fingerprint density at radius 3 is 2.10 bits per heavy atom. The zero-order valence-electron chi connectivity index (χ0n) is 26.8. The van der Waals surface area contributed by atoms with Crippen LogP contribution < -0.4 is 4.90 Å². The number of para-hydroxylation sites is 2. The average molecular weight is 658 g/mol. The molecule has 4 heteroatoms. The summed E-state index contributed by atoms with van der Waals surface area (Å²) >= 11 is 1.86. The maximum Gasteiger partial charge on any atom is 0.159 e. The van der Waals surface area contributed by atoms with E-state index in [0.29, 0.717) is 0 Å². The molecule has 0 atom stereocenters. The second kappa shape index (κ2) is 10.6. The van der Waals surface area contributed by atoms with E-state index < -0.39 is 0 Å². The van der Waals surface area contributed by atoms with Gasteiger partial charge >= 0.3 is 0 Å². The lowest BCUT2D eigenvalue weighted by atomic mass is 10.0. The van der Waals surface area contributed by atoms with Crippen molar-refractivity contribution in [2.24, 2.45) is 0 Å². The minimum absolute atomic E-state index is 0.848. The van der Waals surface area contributed by atoms with Gasteiger partial charge in [0.25, 0.3) is 0 Å². The lowest BCUT2D eigenvalue weighted by Crippen LogP contribution is -2.10. The molecule has 11 aromatic rings. The van der Waals surface area contributed by atoms with Gasteiger partial charge < -0.3 is 13.7 Å². The van der Waals surface area contributed by atoms with Gasteiger partial charge in [0.15, 0.2) is 5.58 Å². The fourth-order valence-electron chi connectivity index (χ4n) is 7.82. The van der Waals surface area contributed by atoms with Crippen molar-refractivity contribution in [1.29, 1.82) is 0 Å². The first kappa shape index (κ1) is 27.6. The summed E-state index contributed by atoms with van der Waals surface area (Å²) in [5.41, 5.74) is 8.90. The van der Waals surface area contributed by atoms with Crippen LogP contribution in [-0.4, -0.2) is 0 Å². The topological polar surface area (TPSA) is 29.5 Å². The molecule has 8 aromatic carbocycles. The van der Waals surface area contributed by atoms with Crippen LogP contribution in [0.5, 0.6) is 0 Å². The maximum atomic E-state index is 6.69. The molecule has 0 bridgehead atoms. The molecular weight excluding hydrogens is 631 g/mol. The zero-order valence-corrected chi connectivity index (χ0v) is 27.6. The molecule has 3 heterocycles. The van der Waals surface area contributed by atoms with Crippen molar-refractivity contribution >= 4 is 103 Å². The Hall–Kier alpha value is -6.36. The van der Waals surface area contributed by atoms with E-state index in [1.807, 2.05) is 23.5 Å². The molecule has 3 aromatic heterocycles. The average Bonchev–Trinajstić information content (AvgIpc) is 3.87. The van der Waals surface area contributed by atoms with Gasteiger partial charge in [-0.2, -0.15) is 0 Å². The van der Waals surface area contributed by atoms with Crippen molar-refractivity contribution in [3.63, 3.8) is 0 Å². The fraction of sp³-hybridized carbons (Fsp3) is 0. The Labute approximate surface area is 290 Å². The lowest BCUT2D eigenvalue weighted by Gasteiger charge is -2.27. The number of hydrogen-bond donors (Lipinski definition) is 0. The molecule has 234 valence electrons. The highest BCUT2D eigenvalue weighted by molar-refractivity contribution is 7.26. The SMILES string of the molecule is c1cc(-c2cccc3c2sc2ccccc23)cc(N(c2cccc3c2oc2ccccc23)c2cccc3oc4c5ccccc5ccc4c23)c1. The van der Waals surface area contributed by atoms with E-state index in [9.17, 15) is 0 Å². The molecule has 0 radical (unpaired) electrons. The van der Waals surface area contributed by atoms with Gasteiger partial charge in [-0.05, 0) is 65.0 Å². The molecular formula is C46H27NO2S. The number of rotatable bonds is 4. The van der Waals surface area contributed by atoms with Crippen molar-refractivity contribution in [3.8, 4) is 11.1 Å². The molecule has 0 spiro atoms. The Morgan fingerprint density at radius 2 is 1.14 bits per heavy atom. The van der Waals surface area contributed by atoms with E-state index in [0.717, 1.165) is 77.3 Å². The molecule has 0 unspecified atom stereocenters. The van der Waals surface area contributed by atoms with E-state index >= 15 is 0 Å². The predicted molar refractivity (Wildman–Crippen MR) is 212 cm³/mol. The normalized spacial score (nSPS) is 12.0. The van der Waals surface area contributed by atoms with Crippen molar-refractivity contribution in [2.45, 2.75) is 0 Å². The van der Waals surface area contributed by atoms with Crippen LogP contribution in [0.2, 0.25) is 0 Å². The fourth-order valence-corrected chi connectivity index (χ4v) is 9.06. The molecule has 50 heavy (non-hydrogen) atoms. The molecule has 0 fully saturated rings. The number of nitrogens with zero attached hydrogens (tertiary/aromatic N) is 1. The van der Waals surface area contributed by atoms with Gasteiger partial charge in [0.1, 0.15) is 16.7 Å². The van der Waals surface area contributed by atoms with Crippen LogP contribution in [0.25, 0.3) is 85.9 Å². The first-order valence-corrected chi connectivity index (χ1v) is 17.7. The summed E-state index contributed by atoms with van der Waals surface area (Å²) < 4.78 is 16.0. The molecule has 0 N–H and O–H groups in total. The lowest BCUT2D eigenvalue weighted by molar-refractivity contribution is 0.669. The molecule has 3 nitrogen and oxygen atoms in total. The monoisotopic (exact) mass is 657 g/mol. The summed E-state index contributed by atoms with van der Waals surface area (Å²) in [7, 11) is 0. The standard InChI is InChI=1S/C46H27NO2S/c1-2-14-31-28(11-1)25-26-37-43-38(20-10-23-41(43)49-44(31)37)47(39-21-9-18-35-33-15-3-5-22-40(33)48-45(35)39)30-13-7-12-29(27-30)32-17-8-19-36-34-16-4-6-24-42(34)50-46(32)36/h1-27H. The van der Waals surface area contributed by atoms with Gasteiger partial charge in [-0.25, -0.2) is 0 Å². The van der Waals surface area contributed by atoms with Crippen molar-refractivity contribution in [3.05, 3.63) is 164 Å². The van der Waals surface area contributed by atoms with Crippen LogP contribution in [0.4, 0.5) is 17.1 Å². The second-order valence-electron chi connectivity index (χ2n) is 12.8. The van der Waals surface area contributed by atoms with E-state index in [2.05, 4.69) is 157 Å². The molecule has 0 amide bonds. The van der Waals surface area contributed by atoms with Crippen molar-refractivity contribution in [2.75, 3.05) is 4.90 Å². The summed E-state index contributed by atoms with van der Waals surface area (Å²) in [5, 5.41) is 9.20. The van der Waals surface area contributed by atoms with Crippen molar-refractivity contribution in [1.82, 2.24) is 0 Å². The Bertz CT molecular complexity index is 3130. The first-order chi connectivity index (χ1) is 24.8. The van der Waals surface area contributed by atoms with Crippen LogP contribution in [-0.2, 0) is 0 Å². The van der Waals surface area contributed by atoms with Gasteiger partial charge in [-0.15, -0.1) is 11.3 Å². The summed E-state index contributed by atoms with van der Waals surface area (Å²) in [5.74, 6) is 0. The third-order valence-corrected chi connectivity index (χ3v) is 11.3. The number of anilines is 3. The van der Waals surface area contributed by atoms with Crippen LogP contribution >= 0.6 is 11.3 Å². The summed E-state index contributed by atoms with van der Waals surface area (Å²) in [6.45, 7) is 0. The summed E-state index contributed by atoms with van der Waals surface area (Å²) in [6.07, 6.45) is 0. The number of furan rings is 2. The smallest absolute Gasteiger partial charge is 0.159 e. The van der Waals surface area contributed by atoms with E-state index in [4.69, 9.17) is 8.83 Å². The minimum atomic E-state index is 0.848. The molecule has 0 aliphatic rings. The largest absolute Gasteiger partial charge is 0.455 e. The first-order valence-electron chi connectivity index (χ1n) is 16.8. The Balaban J connectivity index is 1.21. The third kappa shape index (κ3) is 3.97. The quantitative estimate of drug-likeness (QED) is 0.189. The number of benzene rings is 8. The van der Waals surface area contributed by atoms with E-state index in [1.165, 1.54) is 25.7 Å². The van der Waals surface area contributed by atoms with Crippen LogP contribution in [0, 0.1) is 0 Å². The van der Waals surface area contributed by atoms with E-state index in [-0.39, 0.29) is 0 Å². The number of thiophene rings is 1. The van der Waals surface area contributed by atoms with Crippen LogP contribution in [0.15, 0.2) is 173 Å². The van der Waals surface area contributed by atoms with Crippen LogP contribution in [0.3, 0.4) is 0 Å².